The Hall–Kier alpha value is -3.92. The molecule has 36 heavy (non-hydrogen) atoms. The molecule has 11 heteroatoms. The molecule has 3 aromatic heterocycles. The summed E-state index contributed by atoms with van der Waals surface area (Å²) in [5, 5.41) is 8.99. The first-order valence-electron chi connectivity index (χ1n) is 11.2. The van der Waals surface area contributed by atoms with Crippen LogP contribution in [0.3, 0.4) is 0 Å². The topological polar surface area (TPSA) is 106 Å². The van der Waals surface area contributed by atoms with Gasteiger partial charge in [-0.15, -0.1) is 0 Å². The van der Waals surface area contributed by atoms with Crippen molar-refractivity contribution in [3.63, 3.8) is 0 Å². The first-order valence-corrected chi connectivity index (χ1v) is 11.6. The van der Waals surface area contributed by atoms with E-state index in [1.54, 1.807) is 43.9 Å². The molecule has 0 saturated carbocycles. The molecule has 0 aliphatic carbocycles. The number of halogens is 2. The van der Waals surface area contributed by atoms with Gasteiger partial charge in [0.25, 0.3) is 5.56 Å². The fourth-order valence-corrected chi connectivity index (χ4v) is 4.29. The number of amides is 2. The van der Waals surface area contributed by atoms with Crippen molar-refractivity contribution >= 4 is 45.9 Å². The van der Waals surface area contributed by atoms with Gasteiger partial charge >= 0.3 is 6.03 Å². The van der Waals surface area contributed by atoms with Gasteiger partial charge in [0.1, 0.15) is 11.6 Å². The van der Waals surface area contributed by atoms with Crippen LogP contribution in [0.25, 0.3) is 22.0 Å². The number of nitrogens with zero attached hydrogens (tertiary/aromatic N) is 4. The molecule has 0 fully saturated rings. The molecular formula is C25H27ClFN7O2. The van der Waals surface area contributed by atoms with E-state index in [1.165, 1.54) is 23.0 Å². The quantitative estimate of drug-likeness (QED) is 0.343. The van der Waals surface area contributed by atoms with Crippen molar-refractivity contribution in [3.8, 4) is 11.1 Å². The second-order valence-electron chi connectivity index (χ2n) is 9.45. The van der Waals surface area contributed by atoms with E-state index in [0.29, 0.717) is 28.0 Å². The maximum absolute atomic E-state index is 14.8. The van der Waals surface area contributed by atoms with E-state index in [4.69, 9.17) is 11.6 Å². The summed E-state index contributed by atoms with van der Waals surface area (Å²) in [4.78, 5) is 34.3. The molecule has 0 atom stereocenters. The third-order valence-corrected chi connectivity index (χ3v) is 6.24. The Morgan fingerprint density at radius 3 is 2.44 bits per heavy atom. The summed E-state index contributed by atoms with van der Waals surface area (Å²) >= 11 is 6.35. The molecule has 3 N–H and O–H groups in total. The molecule has 0 aliphatic heterocycles. The minimum atomic E-state index is -0.722. The zero-order chi connectivity index (χ0) is 26.4. The second kappa shape index (κ2) is 9.27. The molecule has 0 unspecified atom stereocenters. The fraction of sp³-hybridized carbons (Fsp3) is 0.280. The van der Waals surface area contributed by atoms with E-state index >= 15 is 0 Å². The molecule has 0 aliphatic rings. The third-order valence-electron chi connectivity index (χ3n) is 5.88. The number of carbonyl (C=O) groups is 1. The number of hydrogen-bond acceptors (Lipinski definition) is 5. The van der Waals surface area contributed by atoms with Crippen LogP contribution in [0, 0.1) is 12.7 Å². The first kappa shape index (κ1) is 25.2. The smallest absolute Gasteiger partial charge is 0.325 e. The van der Waals surface area contributed by atoms with Crippen molar-refractivity contribution in [1.29, 1.82) is 0 Å². The lowest BCUT2D eigenvalue weighted by Gasteiger charge is -2.21. The van der Waals surface area contributed by atoms with Gasteiger partial charge in [-0.3, -0.25) is 10.1 Å². The van der Waals surface area contributed by atoms with Gasteiger partial charge in [0.15, 0.2) is 11.0 Å². The summed E-state index contributed by atoms with van der Waals surface area (Å²) in [7, 11) is 3.41. The Bertz CT molecular complexity index is 1550. The molecule has 1 aromatic carbocycles. The Labute approximate surface area is 212 Å². The highest BCUT2D eigenvalue weighted by atomic mass is 35.5. The largest absolute Gasteiger partial charge is 0.373 e. The molecule has 0 spiro atoms. The predicted molar refractivity (Wildman–Crippen MR) is 142 cm³/mol. The number of hydrogen-bond donors (Lipinski definition) is 3. The monoisotopic (exact) mass is 511 g/mol. The Morgan fingerprint density at radius 1 is 1.08 bits per heavy atom. The van der Waals surface area contributed by atoms with Crippen LogP contribution in [-0.2, 0) is 12.6 Å². The minimum absolute atomic E-state index is 0.0923. The number of fused-ring (bicyclic) bond motifs is 1. The summed E-state index contributed by atoms with van der Waals surface area (Å²) in [6.07, 6.45) is 3.18. The number of imidazole rings is 1. The third kappa shape index (κ3) is 4.64. The molecular weight excluding hydrogens is 485 g/mol. The molecule has 3 heterocycles. The van der Waals surface area contributed by atoms with Crippen LogP contribution in [0.2, 0.25) is 5.15 Å². The van der Waals surface area contributed by atoms with E-state index in [1.807, 2.05) is 20.8 Å². The Morgan fingerprint density at radius 2 is 1.81 bits per heavy atom. The molecule has 4 rings (SSSR count). The number of benzene rings is 1. The average molecular weight is 512 g/mol. The summed E-state index contributed by atoms with van der Waals surface area (Å²) in [5.41, 5.74) is 1.40. The van der Waals surface area contributed by atoms with E-state index in [9.17, 15) is 14.0 Å². The summed E-state index contributed by atoms with van der Waals surface area (Å²) in [5.74, 6) is 0.137. The second-order valence-corrected chi connectivity index (χ2v) is 9.81. The number of urea groups is 1. The number of pyridine rings is 2. The molecule has 4 aromatic rings. The van der Waals surface area contributed by atoms with Gasteiger partial charge in [0.2, 0.25) is 0 Å². The van der Waals surface area contributed by atoms with Crippen LogP contribution >= 0.6 is 11.6 Å². The van der Waals surface area contributed by atoms with Gasteiger partial charge in [-0.2, -0.15) is 0 Å². The van der Waals surface area contributed by atoms with Crippen molar-refractivity contribution in [2.45, 2.75) is 33.2 Å². The van der Waals surface area contributed by atoms with Crippen LogP contribution in [0.5, 0.6) is 0 Å². The number of nitrogens with one attached hydrogen (secondary N) is 3. The molecule has 2 amide bonds. The van der Waals surface area contributed by atoms with Crippen molar-refractivity contribution in [2.75, 3.05) is 23.0 Å². The fourth-order valence-electron chi connectivity index (χ4n) is 3.90. The molecule has 188 valence electrons. The molecule has 9 nitrogen and oxygen atoms in total. The zero-order valence-electron chi connectivity index (χ0n) is 20.8. The van der Waals surface area contributed by atoms with Gasteiger partial charge in [-0.25, -0.2) is 19.2 Å². The van der Waals surface area contributed by atoms with Crippen LogP contribution in [-0.4, -0.2) is 32.2 Å². The standard InChI is InChI=1S/C25H27ClFN7O2/c1-13-7-17(27)18(31-24(36)32-22-21(26)34(12-30-22)25(2,3)4)9-15(13)16-8-14-11-29-20(28-5)10-19(14)33(6)23(16)35/h7-12H,1-6H3,(H,28,29)(H2,31,32,36). The van der Waals surface area contributed by atoms with Gasteiger partial charge in [0, 0.05) is 42.8 Å². The zero-order valence-corrected chi connectivity index (χ0v) is 21.6. The van der Waals surface area contributed by atoms with Gasteiger partial charge in [-0.1, -0.05) is 11.6 Å². The SMILES string of the molecule is CNc1cc2c(cn1)cc(-c1cc(NC(=O)Nc3ncn(C(C)(C)C)c3Cl)c(F)cc1C)c(=O)n2C. The van der Waals surface area contributed by atoms with E-state index in [0.717, 1.165) is 5.39 Å². The van der Waals surface area contributed by atoms with E-state index < -0.39 is 11.8 Å². The van der Waals surface area contributed by atoms with E-state index in [2.05, 4.69) is 25.9 Å². The number of rotatable bonds is 4. The van der Waals surface area contributed by atoms with Crippen molar-refractivity contribution < 1.29 is 9.18 Å². The maximum atomic E-state index is 14.8. The van der Waals surface area contributed by atoms with Crippen molar-refractivity contribution in [1.82, 2.24) is 19.1 Å². The number of carbonyl (C=O) groups excluding carboxylic acids is 1. The summed E-state index contributed by atoms with van der Waals surface area (Å²) in [6, 6.07) is 5.49. The minimum Gasteiger partial charge on any atom is -0.373 e. The van der Waals surface area contributed by atoms with Crippen LogP contribution in [0.4, 0.5) is 26.5 Å². The average Bonchev–Trinajstić information content (AvgIpc) is 3.18. The van der Waals surface area contributed by atoms with Crippen molar-refractivity contribution in [3.05, 3.63) is 63.7 Å². The predicted octanol–water partition coefficient (Wildman–Crippen LogP) is 5.34. The van der Waals surface area contributed by atoms with Crippen molar-refractivity contribution in [2.24, 2.45) is 7.05 Å². The van der Waals surface area contributed by atoms with Gasteiger partial charge in [-0.05, 0) is 57.0 Å². The normalized spacial score (nSPS) is 11.6. The highest BCUT2D eigenvalue weighted by molar-refractivity contribution is 6.32. The van der Waals surface area contributed by atoms with Crippen LogP contribution in [0.1, 0.15) is 26.3 Å². The van der Waals surface area contributed by atoms with Crippen LogP contribution < -0.4 is 21.5 Å². The number of aromatic nitrogens is 4. The molecule has 0 radical (unpaired) electrons. The Kier molecular flexibility index (Phi) is 6.48. The number of aryl methyl sites for hydroxylation is 2. The highest BCUT2D eigenvalue weighted by Crippen LogP contribution is 2.30. The van der Waals surface area contributed by atoms with Gasteiger partial charge in [0.05, 0.1) is 17.5 Å². The Balaban J connectivity index is 1.69. The lowest BCUT2D eigenvalue weighted by molar-refractivity contribution is 0.262. The molecule has 0 bridgehead atoms. The first-order chi connectivity index (χ1) is 16.9. The molecule has 0 saturated heterocycles. The lowest BCUT2D eigenvalue weighted by atomic mass is 9.99. The maximum Gasteiger partial charge on any atom is 0.325 e. The highest BCUT2D eigenvalue weighted by Gasteiger charge is 2.21. The van der Waals surface area contributed by atoms with Crippen LogP contribution in [0.15, 0.2) is 41.6 Å². The number of anilines is 3. The summed E-state index contributed by atoms with van der Waals surface area (Å²) in [6.45, 7) is 7.54. The lowest BCUT2D eigenvalue weighted by Crippen LogP contribution is -2.23. The van der Waals surface area contributed by atoms with Gasteiger partial charge < -0.3 is 19.8 Å². The van der Waals surface area contributed by atoms with E-state index in [-0.39, 0.29) is 27.8 Å². The summed E-state index contributed by atoms with van der Waals surface area (Å²) < 4.78 is 18.0.